The highest BCUT2D eigenvalue weighted by Crippen LogP contribution is 2.59. The second-order valence-corrected chi connectivity index (χ2v) is 9.51. The normalized spacial score (nSPS) is 30.6. The molecule has 0 spiro atoms. The smallest absolute Gasteiger partial charge is 0.224 e. The number of hydrogen-bond acceptors (Lipinski definition) is 8. The summed E-state index contributed by atoms with van der Waals surface area (Å²) >= 11 is 0. The molecule has 4 N–H and O–H groups in total. The van der Waals surface area contributed by atoms with Crippen LogP contribution in [0.4, 0.5) is 11.8 Å². The second kappa shape index (κ2) is 7.97. The molecular weight excluding hydrogens is 390 g/mol. The molecule has 8 heteroatoms. The van der Waals surface area contributed by atoms with Crippen molar-refractivity contribution in [3.8, 4) is 11.8 Å². The van der Waals surface area contributed by atoms with Crippen LogP contribution in [0.25, 0.3) is 0 Å². The first-order chi connectivity index (χ1) is 15.1. The van der Waals surface area contributed by atoms with Crippen LogP contribution in [0, 0.1) is 34.5 Å². The van der Waals surface area contributed by atoms with E-state index < -0.39 is 0 Å². The number of rotatable bonds is 7. The molecule has 2 aromatic heterocycles. The summed E-state index contributed by atoms with van der Waals surface area (Å²) in [6.07, 6.45) is 11.3. The molecule has 0 aromatic carbocycles. The molecule has 4 bridgehead atoms. The molecule has 31 heavy (non-hydrogen) atoms. The van der Waals surface area contributed by atoms with Gasteiger partial charge in [0, 0.05) is 37.1 Å². The molecule has 2 heterocycles. The average Bonchev–Trinajstić information content (AvgIpc) is 2.79. The van der Waals surface area contributed by atoms with Crippen molar-refractivity contribution in [1.82, 2.24) is 15.0 Å². The largest absolute Gasteiger partial charge is 0.496 e. The summed E-state index contributed by atoms with van der Waals surface area (Å²) < 4.78 is 5.37. The lowest BCUT2D eigenvalue weighted by molar-refractivity contribution is -0.0591. The summed E-state index contributed by atoms with van der Waals surface area (Å²) in [7, 11) is 1.64. The van der Waals surface area contributed by atoms with Gasteiger partial charge in [-0.25, -0.2) is 4.98 Å². The van der Waals surface area contributed by atoms with Crippen molar-refractivity contribution in [2.24, 2.45) is 28.9 Å². The van der Waals surface area contributed by atoms with E-state index in [0.717, 1.165) is 23.8 Å². The number of pyridine rings is 1. The van der Waals surface area contributed by atoms with Crippen molar-refractivity contribution >= 4 is 11.8 Å². The number of aromatic nitrogens is 3. The summed E-state index contributed by atoms with van der Waals surface area (Å²) in [6.45, 7) is 1.32. The molecule has 162 valence electrons. The van der Waals surface area contributed by atoms with Crippen LogP contribution in [-0.4, -0.2) is 34.6 Å². The van der Waals surface area contributed by atoms with E-state index in [-0.39, 0.29) is 5.41 Å². The lowest BCUT2D eigenvalue weighted by Crippen LogP contribution is -2.58. The number of methoxy groups -OCH3 is 1. The fourth-order valence-corrected chi connectivity index (χ4v) is 6.32. The van der Waals surface area contributed by atoms with Gasteiger partial charge in [-0.1, -0.05) is 0 Å². The molecule has 4 aliphatic carbocycles. The highest BCUT2D eigenvalue weighted by atomic mass is 16.5. The van der Waals surface area contributed by atoms with Crippen molar-refractivity contribution in [1.29, 1.82) is 5.26 Å². The number of anilines is 2. The minimum Gasteiger partial charge on any atom is -0.496 e. The zero-order chi connectivity index (χ0) is 21.4. The van der Waals surface area contributed by atoms with Crippen LogP contribution in [0.1, 0.15) is 43.2 Å². The van der Waals surface area contributed by atoms with Gasteiger partial charge in [0.1, 0.15) is 23.2 Å². The fraction of sp³-hybridized carbons (Fsp3) is 0.565. The Hall–Kier alpha value is -2.92. The van der Waals surface area contributed by atoms with Crippen LogP contribution in [0.3, 0.4) is 0 Å². The van der Waals surface area contributed by atoms with E-state index in [0.29, 0.717) is 41.8 Å². The van der Waals surface area contributed by atoms with E-state index in [1.807, 2.05) is 6.07 Å². The van der Waals surface area contributed by atoms with E-state index in [1.54, 1.807) is 25.7 Å². The van der Waals surface area contributed by atoms with E-state index >= 15 is 0 Å². The molecule has 2 aromatic rings. The van der Waals surface area contributed by atoms with Gasteiger partial charge in [0.05, 0.1) is 13.3 Å². The minimum atomic E-state index is 0.278. The summed E-state index contributed by atoms with van der Waals surface area (Å²) in [5.41, 5.74) is 8.15. The first-order valence-electron chi connectivity index (χ1n) is 11.1. The highest BCUT2D eigenvalue weighted by molar-refractivity contribution is 5.53. The summed E-state index contributed by atoms with van der Waals surface area (Å²) in [5, 5.41) is 16.3. The molecule has 5 atom stereocenters. The number of hydrogen-bond donors (Lipinski definition) is 3. The van der Waals surface area contributed by atoms with Crippen molar-refractivity contribution in [3.05, 3.63) is 35.8 Å². The topological polar surface area (TPSA) is 122 Å². The van der Waals surface area contributed by atoms with Crippen LogP contribution in [-0.2, 0) is 6.54 Å². The number of nitrogens with zero attached hydrogens (tertiary/aromatic N) is 4. The second-order valence-electron chi connectivity index (χ2n) is 9.51. The third-order valence-corrected chi connectivity index (χ3v) is 7.53. The van der Waals surface area contributed by atoms with Crippen molar-refractivity contribution < 1.29 is 4.74 Å². The van der Waals surface area contributed by atoms with Gasteiger partial charge in [-0.3, -0.25) is 4.98 Å². The minimum absolute atomic E-state index is 0.278. The van der Waals surface area contributed by atoms with Crippen LogP contribution >= 0.6 is 0 Å². The van der Waals surface area contributed by atoms with Crippen molar-refractivity contribution in [2.45, 2.75) is 44.7 Å². The number of nitrogens with two attached hydrogens (primary N) is 1. The average molecular weight is 420 g/mol. The Balaban J connectivity index is 1.29. The first-order valence-corrected chi connectivity index (χ1v) is 11.1. The lowest BCUT2D eigenvalue weighted by atomic mass is 9.48. The lowest BCUT2D eigenvalue weighted by Gasteiger charge is -2.59. The fourth-order valence-electron chi connectivity index (χ4n) is 6.32. The number of ether oxygens (including phenoxy) is 1. The summed E-state index contributed by atoms with van der Waals surface area (Å²) in [6, 6.07) is 4.41. The van der Waals surface area contributed by atoms with Crippen molar-refractivity contribution in [3.63, 3.8) is 0 Å². The Labute approximate surface area is 182 Å². The molecule has 6 rings (SSSR count). The molecule has 0 radical (unpaired) electrons. The predicted octanol–water partition coefficient (Wildman–Crippen LogP) is 2.93. The standard InChI is InChI=1S/C23H29N7O/c1-31-19-2-3-26-10-18(19)12-28-22-27-11-17(9-24)21(30-22)29-13-23-6-14-4-15(7-23)20(25)16(5-14)8-23/h2-3,10-11,14-16,20H,4-8,12-13,25H2,1H3,(H2,27,28,29,30)/t14?,15-,16+,20?,23?. The van der Waals surface area contributed by atoms with Gasteiger partial charge >= 0.3 is 0 Å². The molecule has 8 nitrogen and oxygen atoms in total. The Kier molecular flexibility index (Phi) is 5.14. The quantitative estimate of drug-likeness (QED) is 0.626. The van der Waals surface area contributed by atoms with Crippen LogP contribution in [0.5, 0.6) is 5.75 Å². The SMILES string of the molecule is COc1ccncc1CNc1ncc(C#N)c(NCC23CC4C[C@H](C2)C(N)[C@@H](C4)C3)n1. The molecule has 4 saturated carbocycles. The number of nitriles is 1. The Morgan fingerprint density at radius 1 is 1.23 bits per heavy atom. The molecule has 3 unspecified atom stereocenters. The van der Waals surface area contributed by atoms with E-state index in [2.05, 4.69) is 31.7 Å². The van der Waals surface area contributed by atoms with Gasteiger partial charge in [-0.2, -0.15) is 10.2 Å². The van der Waals surface area contributed by atoms with Crippen LogP contribution < -0.4 is 21.1 Å². The van der Waals surface area contributed by atoms with Crippen LogP contribution in [0.2, 0.25) is 0 Å². The van der Waals surface area contributed by atoms with Gasteiger partial charge in [0.15, 0.2) is 0 Å². The van der Waals surface area contributed by atoms with E-state index in [4.69, 9.17) is 10.5 Å². The Morgan fingerprint density at radius 2 is 2.03 bits per heavy atom. The van der Waals surface area contributed by atoms with Crippen LogP contribution in [0.15, 0.2) is 24.7 Å². The van der Waals surface area contributed by atoms with Gasteiger partial charge < -0.3 is 21.1 Å². The zero-order valence-electron chi connectivity index (χ0n) is 17.8. The highest BCUT2D eigenvalue weighted by Gasteiger charge is 2.54. The van der Waals surface area contributed by atoms with Gasteiger partial charge in [0.2, 0.25) is 5.95 Å². The third kappa shape index (κ3) is 3.79. The summed E-state index contributed by atoms with van der Waals surface area (Å²) in [5.74, 6) is 3.94. The first kappa shape index (κ1) is 20.0. The van der Waals surface area contributed by atoms with Gasteiger partial charge in [0.25, 0.3) is 0 Å². The Morgan fingerprint density at radius 3 is 2.77 bits per heavy atom. The molecule has 4 fully saturated rings. The molecule has 0 amide bonds. The maximum Gasteiger partial charge on any atom is 0.224 e. The molecular formula is C23H29N7O. The maximum absolute atomic E-state index is 9.55. The molecule has 4 aliphatic rings. The molecule has 0 aliphatic heterocycles. The summed E-state index contributed by atoms with van der Waals surface area (Å²) in [4.78, 5) is 13.1. The number of nitrogens with one attached hydrogen (secondary N) is 2. The molecule has 0 saturated heterocycles. The third-order valence-electron chi connectivity index (χ3n) is 7.53. The Bertz CT molecular complexity index is 988. The maximum atomic E-state index is 9.55. The zero-order valence-corrected chi connectivity index (χ0v) is 17.8. The van der Waals surface area contributed by atoms with Gasteiger partial charge in [-0.15, -0.1) is 0 Å². The monoisotopic (exact) mass is 419 g/mol. The van der Waals surface area contributed by atoms with E-state index in [9.17, 15) is 5.26 Å². The van der Waals surface area contributed by atoms with Gasteiger partial charge in [-0.05, 0) is 61.3 Å². The van der Waals surface area contributed by atoms with E-state index in [1.165, 1.54) is 32.1 Å². The van der Waals surface area contributed by atoms with Crippen molar-refractivity contribution in [2.75, 3.05) is 24.3 Å². The predicted molar refractivity (Wildman–Crippen MR) is 117 cm³/mol.